The number of hydrogen-bond donors (Lipinski definition) is 3. The molecule has 2 aromatic heterocycles. The van der Waals surface area contributed by atoms with E-state index < -0.39 is 21.7 Å². The number of amides is 1. The van der Waals surface area contributed by atoms with Gasteiger partial charge in [-0.3, -0.25) is 0 Å². The van der Waals surface area contributed by atoms with E-state index in [9.17, 15) is 4.79 Å². The summed E-state index contributed by atoms with van der Waals surface area (Å²) in [4.78, 5) is 22.1. The zero-order chi connectivity index (χ0) is 19.4. The molecule has 0 aliphatic carbocycles. The third-order valence-corrected chi connectivity index (χ3v) is 6.30. The monoisotopic (exact) mass is 428 g/mol. The minimum absolute atomic E-state index is 0.0369. The average molecular weight is 428 g/mol. The molecule has 2 atom stereocenters. The van der Waals surface area contributed by atoms with Gasteiger partial charge in [-0.1, -0.05) is 0 Å². The Hall–Kier alpha value is -2.77. The second kappa shape index (κ2) is 8.28. The fourth-order valence-corrected chi connectivity index (χ4v) is 4.75. The molecule has 140 valence electrons. The normalized spacial score (nSPS) is 12.4. The van der Waals surface area contributed by atoms with Gasteiger partial charge in [0, 0.05) is 0 Å². The third kappa shape index (κ3) is 4.69. The van der Waals surface area contributed by atoms with E-state index >= 15 is 0 Å². The van der Waals surface area contributed by atoms with Gasteiger partial charge in [0.25, 0.3) is 0 Å². The Morgan fingerprint density at radius 2 is 2.07 bits per heavy atom. The molecule has 0 saturated heterocycles. The Labute approximate surface area is 163 Å². The molecule has 10 heteroatoms. The molecule has 3 rings (SSSR count). The van der Waals surface area contributed by atoms with Gasteiger partial charge in [0.15, 0.2) is 0 Å². The van der Waals surface area contributed by atoms with E-state index in [0.29, 0.717) is 22.5 Å². The molecule has 0 fully saturated rings. The number of nitrogens with zero attached hydrogens (tertiary/aromatic N) is 5. The predicted molar refractivity (Wildman–Crippen MR) is 105 cm³/mol. The molecule has 2 unspecified atom stereocenters. The van der Waals surface area contributed by atoms with Gasteiger partial charge in [0.2, 0.25) is 0 Å². The number of carbonyl (C=O) groups is 1. The van der Waals surface area contributed by atoms with Crippen LogP contribution in [0.25, 0.3) is 5.69 Å². The van der Waals surface area contributed by atoms with Gasteiger partial charge < -0.3 is 0 Å². The molecule has 0 aliphatic rings. The summed E-state index contributed by atoms with van der Waals surface area (Å²) in [5.74, 6) is -0.0919. The number of aromatic nitrogens is 5. The van der Waals surface area contributed by atoms with Crippen LogP contribution in [0.15, 0.2) is 36.8 Å². The molecule has 0 aliphatic heterocycles. The van der Waals surface area contributed by atoms with Gasteiger partial charge in [0.1, 0.15) is 0 Å². The van der Waals surface area contributed by atoms with E-state index in [4.69, 9.17) is 11.5 Å². The zero-order valence-corrected chi connectivity index (χ0v) is 17.1. The quantitative estimate of drug-likeness (QED) is 0.394. The summed E-state index contributed by atoms with van der Waals surface area (Å²) in [6, 6.07) is 6.03. The van der Waals surface area contributed by atoms with Crippen LogP contribution >= 0.6 is 0 Å². The molecule has 3 aromatic rings. The topological polar surface area (TPSA) is 138 Å². The summed E-state index contributed by atoms with van der Waals surface area (Å²) >= 11 is -0.931. The van der Waals surface area contributed by atoms with E-state index in [1.54, 1.807) is 17.2 Å². The third-order valence-electron chi connectivity index (χ3n) is 3.74. The molecule has 9 nitrogen and oxygen atoms in total. The second-order valence-corrected chi connectivity index (χ2v) is 8.85. The maximum atomic E-state index is 11.8. The number of aryl methyl sites for hydroxylation is 1. The van der Waals surface area contributed by atoms with Crippen LogP contribution in [0.3, 0.4) is 0 Å². The van der Waals surface area contributed by atoms with Crippen molar-refractivity contribution in [2.75, 3.05) is 11.9 Å². The first kappa shape index (κ1) is 19.0. The van der Waals surface area contributed by atoms with Crippen LogP contribution in [0.5, 0.6) is 0 Å². The van der Waals surface area contributed by atoms with Crippen molar-refractivity contribution >= 4 is 36.4 Å². The van der Waals surface area contributed by atoms with Crippen LogP contribution < -0.4 is 25.6 Å². The van der Waals surface area contributed by atoms with Crippen LogP contribution in [0.4, 0.5) is 5.95 Å². The molecule has 0 spiro atoms. The Kier molecular flexibility index (Phi) is 5.83. The first-order valence-electron chi connectivity index (χ1n) is 8.34. The molecule has 1 amide bonds. The minimum atomic E-state index is -0.931. The van der Waals surface area contributed by atoms with Crippen molar-refractivity contribution in [3.63, 3.8) is 0 Å². The Bertz CT molecular complexity index is 942. The van der Waals surface area contributed by atoms with E-state index in [-0.39, 0.29) is 6.04 Å². The van der Waals surface area contributed by atoms with E-state index in [0.717, 1.165) is 15.6 Å². The summed E-state index contributed by atoms with van der Waals surface area (Å²) in [5.41, 5.74) is 13.6. The summed E-state index contributed by atoms with van der Waals surface area (Å²) in [6.45, 7) is 4.42. The standard InChI is InChI=1S/C17H21AsN8O/c1-10-3-4-12(7-14(10)26-23-5-6-24-26)18-15-13(16(20)27)9-22-17(25-15)21-8-11(2)19/h3-7,9,11,18H,8,19H2,1-2H3,(H2,20,27)(H,21,22,25). The van der Waals surface area contributed by atoms with Crippen molar-refractivity contribution < 1.29 is 4.79 Å². The summed E-state index contributed by atoms with van der Waals surface area (Å²) in [6.07, 6.45) is 4.74. The van der Waals surface area contributed by atoms with Crippen LogP contribution in [-0.4, -0.2) is 59.2 Å². The van der Waals surface area contributed by atoms with Gasteiger partial charge in [-0.2, -0.15) is 0 Å². The molecule has 5 N–H and O–H groups in total. The van der Waals surface area contributed by atoms with Crippen molar-refractivity contribution in [3.05, 3.63) is 47.9 Å². The number of anilines is 1. The Morgan fingerprint density at radius 1 is 1.33 bits per heavy atom. The first-order valence-corrected chi connectivity index (χ1v) is 10.4. The molecule has 1 aromatic carbocycles. The zero-order valence-electron chi connectivity index (χ0n) is 15.0. The van der Waals surface area contributed by atoms with Crippen LogP contribution in [0, 0.1) is 6.92 Å². The van der Waals surface area contributed by atoms with E-state index in [1.807, 2.05) is 32.0 Å². The van der Waals surface area contributed by atoms with Crippen molar-refractivity contribution in [2.24, 2.45) is 11.5 Å². The summed E-state index contributed by atoms with van der Waals surface area (Å²) in [5, 5.41) is 11.5. The fraction of sp³-hybridized carbons (Fsp3) is 0.235. The molecule has 27 heavy (non-hydrogen) atoms. The van der Waals surface area contributed by atoms with Crippen LogP contribution in [0.1, 0.15) is 22.8 Å². The molecule has 0 bridgehead atoms. The van der Waals surface area contributed by atoms with Crippen molar-refractivity contribution in [3.8, 4) is 5.69 Å². The van der Waals surface area contributed by atoms with Gasteiger partial charge in [0.05, 0.1) is 0 Å². The maximum absolute atomic E-state index is 11.8. The summed E-state index contributed by atoms with van der Waals surface area (Å²) in [7, 11) is 0. The SMILES string of the molecule is Cc1ccc([AsH]c2nc(NCC(C)N)ncc2C(N)=O)cc1-n1nccn1. The molecule has 2 heterocycles. The second-order valence-electron chi connectivity index (χ2n) is 6.12. The van der Waals surface area contributed by atoms with E-state index in [2.05, 4.69) is 25.5 Å². The number of hydrogen-bond acceptors (Lipinski definition) is 7. The number of carbonyl (C=O) groups excluding carboxylic acids is 1. The van der Waals surface area contributed by atoms with Crippen LogP contribution in [0.2, 0.25) is 0 Å². The van der Waals surface area contributed by atoms with Gasteiger partial charge >= 0.3 is 163 Å². The van der Waals surface area contributed by atoms with Crippen LogP contribution in [-0.2, 0) is 0 Å². The number of primary amides is 1. The van der Waals surface area contributed by atoms with Gasteiger partial charge in [-0.25, -0.2) is 0 Å². The van der Waals surface area contributed by atoms with Gasteiger partial charge in [-0.15, -0.1) is 0 Å². The number of nitrogens with two attached hydrogens (primary N) is 2. The Balaban J connectivity index is 1.93. The molecule has 0 saturated carbocycles. The van der Waals surface area contributed by atoms with Crippen molar-refractivity contribution in [2.45, 2.75) is 19.9 Å². The Morgan fingerprint density at radius 3 is 2.74 bits per heavy atom. The molecular formula is C17H21AsN8O. The van der Waals surface area contributed by atoms with Crippen molar-refractivity contribution in [1.82, 2.24) is 25.0 Å². The number of benzene rings is 1. The van der Waals surface area contributed by atoms with E-state index in [1.165, 1.54) is 6.20 Å². The number of rotatable bonds is 7. The average Bonchev–Trinajstić information content (AvgIpc) is 3.16. The first-order chi connectivity index (χ1) is 12.9. The van der Waals surface area contributed by atoms with Crippen molar-refractivity contribution in [1.29, 1.82) is 0 Å². The summed E-state index contributed by atoms with van der Waals surface area (Å²) < 4.78 is 1.75. The fourth-order valence-electron chi connectivity index (χ4n) is 2.37. The predicted octanol–water partition coefficient (Wildman–Crippen LogP) is -1.39. The van der Waals surface area contributed by atoms with Gasteiger partial charge in [-0.05, 0) is 0 Å². The molecular weight excluding hydrogens is 407 g/mol. The number of nitrogens with one attached hydrogen (secondary N) is 1. The molecule has 0 radical (unpaired) electrons.